The van der Waals surface area contributed by atoms with Gasteiger partial charge in [-0.15, -0.1) is 23.5 Å². The topological polar surface area (TPSA) is 0 Å². The molecule has 2 heteroatoms. The van der Waals surface area contributed by atoms with Gasteiger partial charge >= 0.3 is 0 Å². The molecule has 90 valence electrons. The van der Waals surface area contributed by atoms with Gasteiger partial charge in [0.15, 0.2) is 0 Å². The van der Waals surface area contributed by atoms with Crippen molar-refractivity contribution in [2.45, 2.75) is 43.1 Å². The van der Waals surface area contributed by atoms with Gasteiger partial charge in [-0.2, -0.15) is 0 Å². The van der Waals surface area contributed by atoms with Crippen molar-refractivity contribution < 1.29 is 0 Å². The standard InChI is InChI=1S/C14H22S2/c1-9-7-15-14(16-8-9)12-3-10-2-11(5-12)6-13(14)4-10/h9-13H,2-8H2,1H3. The molecule has 5 aliphatic rings. The lowest BCUT2D eigenvalue weighted by Gasteiger charge is -2.62. The van der Waals surface area contributed by atoms with Gasteiger partial charge in [0.25, 0.3) is 0 Å². The predicted octanol–water partition coefficient (Wildman–Crippen LogP) is 4.25. The Morgan fingerprint density at radius 1 is 0.812 bits per heavy atom. The SMILES string of the molecule is CC1CSC2(SC1)C1CC3CC(C1)CC2C3. The maximum absolute atomic E-state index is 2.43. The molecule has 4 saturated carbocycles. The number of rotatable bonds is 0. The van der Waals surface area contributed by atoms with Crippen molar-refractivity contribution in [3.63, 3.8) is 0 Å². The Morgan fingerprint density at radius 2 is 1.31 bits per heavy atom. The van der Waals surface area contributed by atoms with Gasteiger partial charge in [0, 0.05) is 0 Å². The minimum atomic E-state index is 0.694. The number of hydrogen-bond acceptors (Lipinski definition) is 2. The summed E-state index contributed by atoms with van der Waals surface area (Å²) in [5, 5.41) is 0. The average Bonchev–Trinajstić information content (AvgIpc) is 2.27. The summed E-state index contributed by atoms with van der Waals surface area (Å²) < 4.78 is 0.694. The third kappa shape index (κ3) is 1.38. The smallest absolute Gasteiger partial charge is 0.0667 e. The van der Waals surface area contributed by atoms with E-state index in [4.69, 9.17) is 0 Å². The highest BCUT2D eigenvalue weighted by atomic mass is 32.2. The molecule has 0 unspecified atom stereocenters. The summed E-state index contributed by atoms with van der Waals surface area (Å²) >= 11 is 4.74. The highest BCUT2D eigenvalue weighted by molar-refractivity contribution is 8.18. The fourth-order valence-corrected chi connectivity index (χ4v) is 8.88. The van der Waals surface area contributed by atoms with Crippen LogP contribution in [-0.2, 0) is 0 Å². The summed E-state index contributed by atoms with van der Waals surface area (Å²) in [4.78, 5) is 0. The molecule has 4 bridgehead atoms. The van der Waals surface area contributed by atoms with E-state index in [0.717, 1.165) is 29.6 Å². The molecule has 1 saturated heterocycles. The molecule has 4 aliphatic carbocycles. The summed E-state index contributed by atoms with van der Waals surface area (Å²) in [6.07, 6.45) is 7.93. The molecule has 1 aliphatic heterocycles. The zero-order chi connectivity index (χ0) is 10.8. The zero-order valence-corrected chi connectivity index (χ0v) is 11.8. The van der Waals surface area contributed by atoms with Crippen molar-refractivity contribution in [1.29, 1.82) is 0 Å². The van der Waals surface area contributed by atoms with E-state index in [2.05, 4.69) is 30.4 Å². The maximum Gasteiger partial charge on any atom is 0.0667 e. The van der Waals surface area contributed by atoms with Gasteiger partial charge in [-0.25, -0.2) is 0 Å². The third-order valence-corrected chi connectivity index (χ3v) is 9.88. The molecular formula is C14H22S2. The van der Waals surface area contributed by atoms with Crippen molar-refractivity contribution in [2.24, 2.45) is 29.6 Å². The molecule has 16 heavy (non-hydrogen) atoms. The van der Waals surface area contributed by atoms with Gasteiger partial charge in [0.05, 0.1) is 4.08 Å². The second-order valence-corrected chi connectivity index (χ2v) is 9.61. The Balaban J connectivity index is 1.64. The lowest BCUT2D eigenvalue weighted by atomic mass is 9.56. The second kappa shape index (κ2) is 3.60. The Morgan fingerprint density at radius 3 is 1.81 bits per heavy atom. The zero-order valence-electron chi connectivity index (χ0n) is 10.2. The Bertz CT molecular complexity index is 261. The molecule has 1 heterocycles. The van der Waals surface area contributed by atoms with Crippen LogP contribution < -0.4 is 0 Å². The van der Waals surface area contributed by atoms with Gasteiger partial charge in [0.1, 0.15) is 0 Å². The normalized spacial score (nSPS) is 59.4. The van der Waals surface area contributed by atoms with Crippen LogP contribution in [-0.4, -0.2) is 15.6 Å². The van der Waals surface area contributed by atoms with E-state index in [1.54, 1.807) is 32.1 Å². The highest BCUT2D eigenvalue weighted by Gasteiger charge is 2.58. The monoisotopic (exact) mass is 254 g/mol. The van der Waals surface area contributed by atoms with Crippen LogP contribution in [0.4, 0.5) is 0 Å². The number of thioether (sulfide) groups is 2. The second-order valence-electron chi connectivity index (χ2n) is 6.75. The van der Waals surface area contributed by atoms with Crippen LogP contribution in [0.1, 0.15) is 39.0 Å². The lowest BCUT2D eigenvalue weighted by Crippen LogP contribution is -2.55. The fraction of sp³-hybridized carbons (Fsp3) is 1.00. The summed E-state index contributed by atoms with van der Waals surface area (Å²) in [6.45, 7) is 2.43. The minimum absolute atomic E-state index is 0.694. The van der Waals surface area contributed by atoms with Gasteiger partial charge in [-0.1, -0.05) is 6.92 Å². The van der Waals surface area contributed by atoms with E-state index in [0.29, 0.717) is 4.08 Å². The van der Waals surface area contributed by atoms with Crippen molar-refractivity contribution in [3.8, 4) is 0 Å². The Hall–Kier alpha value is 0.700. The largest absolute Gasteiger partial charge is 0.143 e. The lowest BCUT2D eigenvalue weighted by molar-refractivity contribution is 0.0150. The van der Waals surface area contributed by atoms with Crippen LogP contribution >= 0.6 is 23.5 Å². The Kier molecular flexibility index (Phi) is 2.39. The third-order valence-electron chi connectivity index (χ3n) is 5.46. The molecule has 0 aromatic heterocycles. The first-order valence-corrected chi connectivity index (χ1v) is 9.01. The van der Waals surface area contributed by atoms with Crippen LogP contribution in [0.15, 0.2) is 0 Å². The molecule has 0 atom stereocenters. The van der Waals surface area contributed by atoms with Crippen LogP contribution in [0.2, 0.25) is 0 Å². The van der Waals surface area contributed by atoms with E-state index in [-0.39, 0.29) is 0 Å². The van der Waals surface area contributed by atoms with E-state index in [1.807, 2.05) is 0 Å². The molecule has 0 nitrogen and oxygen atoms in total. The molecule has 0 amide bonds. The summed E-state index contributed by atoms with van der Waals surface area (Å²) in [6, 6.07) is 0. The molecular weight excluding hydrogens is 232 g/mol. The van der Waals surface area contributed by atoms with Crippen molar-refractivity contribution >= 4 is 23.5 Å². The van der Waals surface area contributed by atoms with Crippen molar-refractivity contribution in [3.05, 3.63) is 0 Å². The molecule has 5 rings (SSSR count). The van der Waals surface area contributed by atoms with Gasteiger partial charge in [-0.3, -0.25) is 0 Å². The molecule has 1 spiro atoms. The fourth-order valence-electron chi connectivity index (χ4n) is 4.95. The first-order chi connectivity index (χ1) is 7.76. The molecule has 0 N–H and O–H groups in total. The predicted molar refractivity (Wildman–Crippen MR) is 73.9 cm³/mol. The van der Waals surface area contributed by atoms with Crippen molar-refractivity contribution in [1.82, 2.24) is 0 Å². The van der Waals surface area contributed by atoms with E-state index >= 15 is 0 Å². The summed E-state index contributed by atoms with van der Waals surface area (Å²) in [5.41, 5.74) is 0. The molecule has 0 aromatic carbocycles. The van der Waals surface area contributed by atoms with Crippen LogP contribution in [0.5, 0.6) is 0 Å². The summed E-state index contributed by atoms with van der Waals surface area (Å²) in [5.74, 6) is 8.28. The van der Waals surface area contributed by atoms with Crippen LogP contribution in [0.3, 0.4) is 0 Å². The van der Waals surface area contributed by atoms with Gasteiger partial charge in [-0.05, 0) is 73.2 Å². The highest BCUT2D eigenvalue weighted by Crippen LogP contribution is 2.68. The Labute approximate surface area is 108 Å². The van der Waals surface area contributed by atoms with E-state index < -0.39 is 0 Å². The number of hydrogen-bond donors (Lipinski definition) is 0. The first-order valence-electron chi connectivity index (χ1n) is 7.04. The maximum atomic E-state index is 2.43. The molecule has 5 fully saturated rings. The van der Waals surface area contributed by atoms with Crippen LogP contribution in [0, 0.1) is 29.6 Å². The average molecular weight is 254 g/mol. The van der Waals surface area contributed by atoms with Gasteiger partial charge < -0.3 is 0 Å². The minimum Gasteiger partial charge on any atom is -0.143 e. The quantitative estimate of drug-likeness (QED) is 0.633. The van der Waals surface area contributed by atoms with Gasteiger partial charge in [0.2, 0.25) is 0 Å². The van der Waals surface area contributed by atoms with E-state index in [1.165, 1.54) is 11.5 Å². The summed E-state index contributed by atoms with van der Waals surface area (Å²) in [7, 11) is 0. The van der Waals surface area contributed by atoms with E-state index in [9.17, 15) is 0 Å². The van der Waals surface area contributed by atoms with Crippen molar-refractivity contribution in [2.75, 3.05) is 11.5 Å². The first kappa shape index (κ1) is 10.6. The molecule has 0 aromatic rings. The van der Waals surface area contributed by atoms with Crippen LogP contribution in [0.25, 0.3) is 0 Å². The molecule has 0 radical (unpaired) electrons.